The van der Waals surface area contributed by atoms with Crippen LogP contribution in [0.2, 0.25) is 0 Å². The minimum absolute atomic E-state index is 0.229. The van der Waals surface area contributed by atoms with Crippen molar-refractivity contribution in [1.82, 2.24) is 5.32 Å². The number of alkyl halides is 1. The summed E-state index contributed by atoms with van der Waals surface area (Å²) < 4.78 is 108. The highest BCUT2D eigenvalue weighted by molar-refractivity contribution is 7.94. The first-order valence-electron chi connectivity index (χ1n) is 12.8. The Morgan fingerprint density at radius 1 is 0.860 bits per heavy atom. The molecule has 0 saturated carbocycles. The largest absolute Gasteiger partial charge is 0.459 e. The Hall–Kier alpha value is -4.20. The number of alkyl carbamates (subject to hydrolysis) is 1. The number of carbonyl (C=O) groups is 2. The number of amides is 1. The molecule has 232 valence electrons. The van der Waals surface area contributed by atoms with Gasteiger partial charge < -0.3 is 14.8 Å². The Morgan fingerprint density at radius 3 is 1.98 bits per heavy atom. The van der Waals surface area contributed by atoms with Gasteiger partial charge in [0.2, 0.25) is 10.0 Å². The summed E-state index contributed by atoms with van der Waals surface area (Å²) in [5.74, 6) is -10.3. The predicted molar refractivity (Wildman–Crippen MR) is 147 cm³/mol. The minimum atomic E-state index is -5.25. The Bertz CT molecular complexity index is 1550. The molecule has 0 saturated heterocycles. The van der Waals surface area contributed by atoms with E-state index in [4.69, 9.17) is 9.47 Å². The monoisotopic (exact) mass is 628 g/mol. The molecule has 0 spiro atoms. The molecule has 43 heavy (non-hydrogen) atoms. The summed E-state index contributed by atoms with van der Waals surface area (Å²) in [5, 5.41) is -0.281. The second-order valence-corrected chi connectivity index (χ2v) is 12.2. The lowest BCUT2D eigenvalue weighted by molar-refractivity contribution is -0.154. The van der Waals surface area contributed by atoms with Crippen LogP contribution in [0.3, 0.4) is 0 Å². The zero-order chi connectivity index (χ0) is 31.9. The van der Waals surface area contributed by atoms with Gasteiger partial charge in [-0.25, -0.2) is 35.2 Å². The topological polar surface area (TPSA) is 111 Å². The fourth-order valence-electron chi connectivity index (χ4n) is 3.84. The van der Waals surface area contributed by atoms with E-state index in [1.807, 2.05) is 36.4 Å². The second-order valence-electron chi connectivity index (χ2n) is 10.3. The second kappa shape index (κ2) is 13.8. The standard InChI is InChI=1S/C29H29F5N2O6S/c1-29(2,3)42-27(37)21(43(39,40)36-26-24(33)22(31)20(14-30)23(32)25(26)34)15-35-28(38)41-16-19-12-8-7-11-18(19)13-17-9-5-4-6-10-17/h4-12,21,36H,13-16H2,1-3H3,(H,35,38)/t21-/m0/s1. The van der Waals surface area contributed by atoms with Gasteiger partial charge in [0.1, 0.15) is 24.6 Å². The van der Waals surface area contributed by atoms with Crippen LogP contribution >= 0.6 is 0 Å². The van der Waals surface area contributed by atoms with E-state index < -0.39 is 80.7 Å². The van der Waals surface area contributed by atoms with Gasteiger partial charge in [-0.05, 0) is 43.9 Å². The zero-order valence-electron chi connectivity index (χ0n) is 23.3. The molecular formula is C29H29F5N2O6S. The third kappa shape index (κ3) is 8.66. The average Bonchev–Trinajstić information content (AvgIpc) is 2.94. The lowest BCUT2D eigenvalue weighted by atomic mass is 10.0. The van der Waals surface area contributed by atoms with E-state index in [2.05, 4.69) is 5.32 Å². The molecule has 14 heteroatoms. The highest BCUT2D eigenvalue weighted by atomic mass is 32.2. The number of ether oxygens (including phenoxy) is 2. The van der Waals surface area contributed by atoms with Crippen LogP contribution in [-0.4, -0.2) is 37.9 Å². The van der Waals surface area contributed by atoms with Crippen LogP contribution in [-0.2, 0) is 44.0 Å². The summed E-state index contributed by atoms with van der Waals surface area (Å²) in [4.78, 5) is 25.3. The number of carbonyl (C=O) groups excluding carboxylic acids is 2. The van der Waals surface area contributed by atoms with Gasteiger partial charge in [0.15, 0.2) is 28.5 Å². The molecule has 1 amide bonds. The molecule has 0 aliphatic carbocycles. The molecule has 2 N–H and O–H groups in total. The number of anilines is 1. The number of halogens is 5. The molecule has 0 aromatic heterocycles. The molecule has 3 aromatic rings. The van der Waals surface area contributed by atoms with Crippen LogP contribution < -0.4 is 10.0 Å². The van der Waals surface area contributed by atoms with Crippen LogP contribution in [0, 0.1) is 23.3 Å². The number of esters is 1. The summed E-state index contributed by atoms with van der Waals surface area (Å²) in [6.07, 6.45) is -0.618. The summed E-state index contributed by atoms with van der Waals surface area (Å²) in [6.45, 7) is 1.03. The van der Waals surface area contributed by atoms with Crippen LogP contribution in [0.5, 0.6) is 0 Å². The van der Waals surface area contributed by atoms with Crippen molar-refractivity contribution in [3.8, 4) is 0 Å². The molecule has 0 radical (unpaired) electrons. The summed E-state index contributed by atoms with van der Waals surface area (Å²) in [5.41, 5.74) is -2.15. The maximum Gasteiger partial charge on any atom is 0.407 e. The third-order valence-corrected chi connectivity index (χ3v) is 7.52. The van der Waals surface area contributed by atoms with E-state index in [0.717, 1.165) is 11.1 Å². The van der Waals surface area contributed by atoms with Crippen molar-refractivity contribution in [2.45, 2.75) is 51.3 Å². The highest BCUT2D eigenvalue weighted by Crippen LogP contribution is 2.30. The first-order chi connectivity index (χ1) is 20.1. The van der Waals surface area contributed by atoms with Crippen molar-refractivity contribution in [3.05, 3.63) is 100 Å². The third-order valence-electron chi connectivity index (χ3n) is 5.92. The minimum Gasteiger partial charge on any atom is -0.459 e. The Morgan fingerprint density at radius 2 is 1.42 bits per heavy atom. The SMILES string of the molecule is CC(C)(C)OC(=O)[C@H](CNC(=O)OCc1ccccc1Cc1ccccc1)S(=O)(=O)Nc1c(F)c(F)c(CF)c(F)c1F. The molecule has 3 rings (SSSR count). The normalized spacial score (nSPS) is 12.4. The van der Waals surface area contributed by atoms with Gasteiger partial charge in [0.25, 0.3) is 0 Å². The predicted octanol–water partition coefficient (Wildman–Crippen LogP) is 5.68. The summed E-state index contributed by atoms with van der Waals surface area (Å²) in [7, 11) is -5.25. The number of nitrogens with one attached hydrogen (secondary N) is 2. The highest BCUT2D eigenvalue weighted by Gasteiger charge is 2.39. The molecule has 0 unspecified atom stereocenters. The molecule has 0 aliphatic heterocycles. The van der Waals surface area contributed by atoms with Gasteiger partial charge in [-0.2, -0.15) is 0 Å². The van der Waals surface area contributed by atoms with Gasteiger partial charge in [0, 0.05) is 0 Å². The lowest BCUT2D eigenvalue weighted by Crippen LogP contribution is -2.47. The summed E-state index contributed by atoms with van der Waals surface area (Å²) >= 11 is 0. The molecule has 0 heterocycles. The van der Waals surface area contributed by atoms with Crippen LogP contribution in [0.1, 0.15) is 43.0 Å². The molecule has 1 atom stereocenters. The maximum absolute atomic E-state index is 14.4. The number of benzene rings is 3. The van der Waals surface area contributed by atoms with Crippen molar-refractivity contribution >= 4 is 27.8 Å². The Kier molecular flexibility index (Phi) is 10.7. The fraction of sp³-hybridized carbons (Fsp3) is 0.310. The average molecular weight is 629 g/mol. The first-order valence-corrected chi connectivity index (χ1v) is 14.4. The van der Waals surface area contributed by atoms with Crippen LogP contribution in [0.4, 0.5) is 32.4 Å². The first kappa shape index (κ1) is 33.3. The number of hydrogen-bond acceptors (Lipinski definition) is 6. The summed E-state index contributed by atoms with van der Waals surface area (Å²) in [6, 6.07) is 16.6. The molecule has 0 fully saturated rings. The van der Waals surface area contributed by atoms with Crippen LogP contribution in [0.25, 0.3) is 0 Å². The van der Waals surface area contributed by atoms with Gasteiger partial charge in [0.05, 0.1) is 12.1 Å². The van der Waals surface area contributed by atoms with E-state index in [0.29, 0.717) is 12.0 Å². The molecule has 0 aliphatic rings. The maximum atomic E-state index is 14.4. The van der Waals surface area contributed by atoms with E-state index >= 15 is 0 Å². The Balaban J connectivity index is 1.78. The van der Waals surface area contributed by atoms with E-state index in [1.165, 1.54) is 25.5 Å². The van der Waals surface area contributed by atoms with Crippen molar-refractivity contribution in [1.29, 1.82) is 0 Å². The van der Waals surface area contributed by atoms with E-state index in [1.54, 1.807) is 18.2 Å². The van der Waals surface area contributed by atoms with Crippen molar-refractivity contribution in [2.75, 3.05) is 11.3 Å². The number of rotatable bonds is 11. The van der Waals surface area contributed by atoms with Gasteiger partial charge in [-0.15, -0.1) is 0 Å². The van der Waals surface area contributed by atoms with E-state index in [9.17, 15) is 40.0 Å². The quantitative estimate of drug-likeness (QED) is 0.161. The molecule has 8 nitrogen and oxygen atoms in total. The van der Waals surface area contributed by atoms with Crippen molar-refractivity contribution in [2.24, 2.45) is 0 Å². The molecular weight excluding hydrogens is 599 g/mol. The Labute approximate surface area is 245 Å². The van der Waals surface area contributed by atoms with Gasteiger partial charge in [-0.1, -0.05) is 54.6 Å². The van der Waals surface area contributed by atoms with Gasteiger partial charge >= 0.3 is 12.1 Å². The van der Waals surface area contributed by atoms with E-state index in [-0.39, 0.29) is 6.61 Å². The van der Waals surface area contributed by atoms with Gasteiger partial charge in [-0.3, -0.25) is 9.52 Å². The number of hydrogen-bond donors (Lipinski definition) is 2. The van der Waals surface area contributed by atoms with Crippen molar-refractivity contribution < 1.29 is 49.4 Å². The molecule has 0 bridgehead atoms. The number of sulfonamides is 1. The smallest absolute Gasteiger partial charge is 0.407 e. The lowest BCUT2D eigenvalue weighted by Gasteiger charge is -2.24. The zero-order valence-corrected chi connectivity index (χ0v) is 24.2. The van der Waals surface area contributed by atoms with Crippen molar-refractivity contribution in [3.63, 3.8) is 0 Å². The molecule has 3 aromatic carbocycles. The fourth-order valence-corrected chi connectivity index (χ4v) is 5.05. The van der Waals surface area contributed by atoms with Crippen LogP contribution in [0.15, 0.2) is 54.6 Å².